The van der Waals surface area contributed by atoms with Crippen LogP contribution < -0.4 is 9.03 Å². The first kappa shape index (κ1) is 23.9. The number of nitrogens with one attached hydrogen (secondary N) is 1. The second-order valence-corrected chi connectivity index (χ2v) is 11.5. The molecule has 1 N–H and O–H groups in total. The largest absolute Gasteiger partial charge is 0.280 e. The Balaban J connectivity index is 2.07. The zero-order valence-corrected chi connectivity index (χ0v) is 20.3. The fraction of sp³-hybridized carbons (Fsp3) is 0.0909. The van der Waals surface area contributed by atoms with E-state index in [0.29, 0.717) is 10.9 Å². The van der Waals surface area contributed by atoms with Gasteiger partial charge in [0.05, 0.1) is 47.0 Å². The summed E-state index contributed by atoms with van der Waals surface area (Å²) in [6, 6.07) is 13.5. The second kappa shape index (κ2) is 8.82. The van der Waals surface area contributed by atoms with Crippen molar-refractivity contribution in [2.45, 2.75) is 0 Å². The highest BCUT2D eigenvalue weighted by molar-refractivity contribution is 7.92. The topological polar surface area (TPSA) is 109 Å². The third-order valence-electron chi connectivity index (χ3n) is 4.76. The Kier molecular flexibility index (Phi) is 6.19. The summed E-state index contributed by atoms with van der Waals surface area (Å²) < 4.78 is 67.9. The Labute approximate surface area is 201 Å². The molecule has 0 spiro atoms. The number of aromatic nitrogens is 2. The van der Waals surface area contributed by atoms with E-state index in [1.807, 2.05) is 0 Å². The standard InChI is InChI=1S/C22H18ClFN4O4S2/c1-33(29,30)27-20-13-25-10-9-21(20)28(34(2,31)32)22-12-19(16-11-14(23)7-8-17(16)24)26-18-6-4-3-5-15(18)22/h3-13,27H,1-2H3. The molecule has 34 heavy (non-hydrogen) atoms. The van der Waals surface area contributed by atoms with E-state index < -0.39 is 25.9 Å². The molecule has 0 atom stereocenters. The Morgan fingerprint density at radius 3 is 2.41 bits per heavy atom. The van der Waals surface area contributed by atoms with Gasteiger partial charge in [0.1, 0.15) is 5.82 Å². The highest BCUT2D eigenvalue weighted by Crippen LogP contribution is 2.40. The lowest BCUT2D eigenvalue weighted by atomic mass is 10.1. The zero-order valence-electron chi connectivity index (χ0n) is 17.9. The Hall–Kier alpha value is -3.28. The highest BCUT2D eigenvalue weighted by Gasteiger charge is 2.27. The van der Waals surface area contributed by atoms with Gasteiger partial charge in [0.2, 0.25) is 20.0 Å². The van der Waals surface area contributed by atoms with Crippen molar-refractivity contribution in [1.82, 2.24) is 9.97 Å². The first-order valence-corrected chi connectivity index (χ1v) is 13.8. The predicted molar refractivity (Wildman–Crippen MR) is 132 cm³/mol. The van der Waals surface area contributed by atoms with Gasteiger partial charge >= 0.3 is 0 Å². The van der Waals surface area contributed by atoms with Crippen molar-refractivity contribution in [1.29, 1.82) is 0 Å². The average molecular weight is 521 g/mol. The molecule has 0 fully saturated rings. The fourth-order valence-electron chi connectivity index (χ4n) is 3.49. The Bertz CT molecular complexity index is 1630. The predicted octanol–water partition coefficient (Wildman–Crippen LogP) is 4.56. The molecular formula is C22H18ClFN4O4S2. The van der Waals surface area contributed by atoms with E-state index in [-0.39, 0.29) is 33.3 Å². The number of hydrogen-bond acceptors (Lipinski definition) is 6. The van der Waals surface area contributed by atoms with Gasteiger partial charge in [-0.25, -0.2) is 30.5 Å². The maximum absolute atomic E-state index is 14.7. The van der Waals surface area contributed by atoms with E-state index in [1.165, 1.54) is 42.7 Å². The van der Waals surface area contributed by atoms with Gasteiger partial charge in [-0.3, -0.25) is 9.71 Å². The third-order valence-corrected chi connectivity index (χ3v) is 6.64. The fourth-order valence-corrected chi connectivity index (χ4v) is 5.24. The third kappa shape index (κ3) is 4.96. The van der Waals surface area contributed by atoms with Gasteiger partial charge in [0.25, 0.3) is 0 Å². The van der Waals surface area contributed by atoms with E-state index in [1.54, 1.807) is 24.3 Å². The molecule has 12 heteroatoms. The first-order chi connectivity index (χ1) is 15.9. The van der Waals surface area contributed by atoms with Crippen LogP contribution in [0.5, 0.6) is 0 Å². The lowest BCUT2D eigenvalue weighted by Crippen LogP contribution is -2.26. The van der Waals surface area contributed by atoms with Gasteiger partial charge in [0.15, 0.2) is 0 Å². The summed E-state index contributed by atoms with van der Waals surface area (Å²) in [7, 11) is -7.79. The summed E-state index contributed by atoms with van der Waals surface area (Å²) in [5.74, 6) is -0.590. The number of anilines is 3. The van der Waals surface area contributed by atoms with E-state index >= 15 is 0 Å². The average Bonchev–Trinajstić information content (AvgIpc) is 2.74. The number of fused-ring (bicyclic) bond motifs is 1. The summed E-state index contributed by atoms with van der Waals surface area (Å²) in [5, 5.41) is 0.725. The van der Waals surface area contributed by atoms with E-state index in [9.17, 15) is 21.2 Å². The molecule has 0 aliphatic carbocycles. The van der Waals surface area contributed by atoms with Gasteiger partial charge in [-0.1, -0.05) is 29.8 Å². The molecule has 2 aromatic carbocycles. The molecule has 176 valence electrons. The van der Waals surface area contributed by atoms with E-state index in [2.05, 4.69) is 14.7 Å². The quantitative estimate of drug-likeness (QED) is 0.399. The number of nitrogens with zero attached hydrogens (tertiary/aromatic N) is 3. The van der Waals surface area contributed by atoms with Crippen LogP contribution in [0.1, 0.15) is 0 Å². The smallest absolute Gasteiger partial charge is 0.236 e. The van der Waals surface area contributed by atoms with Crippen LogP contribution in [0.25, 0.3) is 22.2 Å². The molecular weight excluding hydrogens is 503 g/mol. The van der Waals surface area contributed by atoms with Crippen LogP contribution in [0.2, 0.25) is 5.02 Å². The van der Waals surface area contributed by atoms with Gasteiger partial charge in [-0.2, -0.15) is 0 Å². The van der Waals surface area contributed by atoms with Crippen molar-refractivity contribution in [2.24, 2.45) is 0 Å². The summed E-state index contributed by atoms with van der Waals surface area (Å²) >= 11 is 6.07. The van der Waals surface area contributed by atoms with Crippen molar-refractivity contribution >= 4 is 59.6 Å². The summed E-state index contributed by atoms with van der Waals surface area (Å²) in [5.41, 5.74) is 0.731. The van der Waals surface area contributed by atoms with Crippen molar-refractivity contribution in [2.75, 3.05) is 21.5 Å². The zero-order chi connectivity index (χ0) is 24.7. The normalized spacial score (nSPS) is 12.0. The van der Waals surface area contributed by atoms with Crippen molar-refractivity contribution in [3.05, 3.63) is 77.8 Å². The summed E-state index contributed by atoms with van der Waals surface area (Å²) in [6.07, 6.45) is 4.46. The molecule has 0 bridgehead atoms. The van der Waals surface area contributed by atoms with Crippen LogP contribution in [-0.4, -0.2) is 39.3 Å². The van der Waals surface area contributed by atoms with Gasteiger partial charge in [0, 0.05) is 22.2 Å². The van der Waals surface area contributed by atoms with Crippen LogP contribution in [0.15, 0.2) is 67.0 Å². The van der Waals surface area contributed by atoms with Crippen LogP contribution in [0.4, 0.5) is 21.5 Å². The molecule has 0 unspecified atom stereocenters. The van der Waals surface area contributed by atoms with Crippen LogP contribution in [0, 0.1) is 5.82 Å². The number of benzene rings is 2. The molecule has 0 saturated carbocycles. The van der Waals surface area contributed by atoms with E-state index in [4.69, 9.17) is 11.6 Å². The first-order valence-electron chi connectivity index (χ1n) is 9.71. The van der Waals surface area contributed by atoms with Crippen molar-refractivity contribution in [3.8, 4) is 11.3 Å². The number of hydrogen-bond donors (Lipinski definition) is 1. The SMILES string of the molecule is CS(=O)(=O)Nc1cnccc1N(c1cc(-c2cc(Cl)ccc2F)nc2ccccc12)S(C)(=O)=O. The second-order valence-electron chi connectivity index (χ2n) is 7.46. The molecule has 8 nitrogen and oxygen atoms in total. The van der Waals surface area contributed by atoms with Gasteiger partial charge in [-0.15, -0.1) is 0 Å². The maximum atomic E-state index is 14.7. The van der Waals surface area contributed by atoms with Crippen LogP contribution >= 0.6 is 11.6 Å². The summed E-state index contributed by atoms with van der Waals surface area (Å²) in [4.78, 5) is 8.42. The molecule has 0 radical (unpaired) electrons. The maximum Gasteiger partial charge on any atom is 0.236 e. The molecule has 0 aliphatic heterocycles. The number of sulfonamides is 2. The number of para-hydroxylation sites is 1. The molecule has 4 rings (SSSR count). The number of rotatable bonds is 6. The minimum Gasteiger partial charge on any atom is -0.280 e. The lowest BCUT2D eigenvalue weighted by Gasteiger charge is -2.26. The van der Waals surface area contributed by atoms with Crippen LogP contribution in [0.3, 0.4) is 0 Å². The van der Waals surface area contributed by atoms with E-state index in [0.717, 1.165) is 16.8 Å². The molecule has 4 aromatic rings. The molecule has 0 amide bonds. The van der Waals surface area contributed by atoms with Crippen molar-refractivity contribution in [3.63, 3.8) is 0 Å². The lowest BCUT2D eigenvalue weighted by molar-refractivity contribution is 0.601. The highest BCUT2D eigenvalue weighted by atomic mass is 35.5. The van der Waals surface area contributed by atoms with Crippen molar-refractivity contribution < 1.29 is 21.2 Å². The molecule has 2 aromatic heterocycles. The van der Waals surface area contributed by atoms with Crippen LogP contribution in [-0.2, 0) is 20.0 Å². The minimum absolute atomic E-state index is 0.0109. The number of halogens is 2. The molecule has 0 saturated heterocycles. The minimum atomic E-state index is -4.03. The molecule has 2 heterocycles. The Morgan fingerprint density at radius 1 is 0.971 bits per heavy atom. The number of pyridine rings is 2. The van der Waals surface area contributed by atoms with Gasteiger partial charge < -0.3 is 0 Å². The summed E-state index contributed by atoms with van der Waals surface area (Å²) in [6.45, 7) is 0. The van der Waals surface area contributed by atoms with Gasteiger partial charge in [-0.05, 0) is 36.4 Å². The molecule has 0 aliphatic rings. The monoisotopic (exact) mass is 520 g/mol. The Morgan fingerprint density at radius 2 is 1.71 bits per heavy atom.